The number of hydrogen-bond acceptors (Lipinski definition) is 3. The van der Waals surface area contributed by atoms with Gasteiger partial charge in [-0.15, -0.1) is 0 Å². The molecule has 4 heteroatoms. The van der Waals surface area contributed by atoms with Gasteiger partial charge in [-0.05, 0) is 39.2 Å². The van der Waals surface area contributed by atoms with Gasteiger partial charge in [0.05, 0.1) is 0 Å². The Balaban J connectivity index is 1.65. The lowest BCUT2D eigenvalue weighted by Crippen LogP contribution is -2.31. The fourth-order valence-electron chi connectivity index (χ4n) is 3.47. The molecule has 0 radical (unpaired) electrons. The van der Waals surface area contributed by atoms with Gasteiger partial charge < -0.3 is 15.2 Å². The van der Waals surface area contributed by atoms with Crippen LogP contribution in [0.5, 0.6) is 0 Å². The molecule has 2 unspecified atom stereocenters. The van der Waals surface area contributed by atoms with Crippen molar-refractivity contribution in [1.29, 1.82) is 0 Å². The Hall–Kier alpha value is -0.870. The molecule has 0 spiro atoms. The summed E-state index contributed by atoms with van der Waals surface area (Å²) in [5.41, 5.74) is 7.37. The lowest BCUT2D eigenvalue weighted by atomic mass is 10.0. The van der Waals surface area contributed by atoms with Gasteiger partial charge >= 0.3 is 0 Å². The molecule has 0 bridgehead atoms. The molecule has 1 aromatic rings. The smallest absolute Gasteiger partial charge is 0.109 e. The maximum Gasteiger partial charge on any atom is 0.109 e. The Morgan fingerprint density at radius 3 is 2.95 bits per heavy atom. The molecule has 19 heavy (non-hydrogen) atoms. The normalized spacial score (nSPS) is 28.0. The Kier molecular flexibility index (Phi) is 3.63. The molecule has 0 aliphatic carbocycles. The first-order valence-corrected chi connectivity index (χ1v) is 7.66. The van der Waals surface area contributed by atoms with E-state index in [4.69, 9.17) is 5.73 Å². The summed E-state index contributed by atoms with van der Waals surface area (Å²) in [6, 6.07) is 1.01. The first-order chi connectivity index (χ1) is 9.13. The quantitative estimate of drug-likeness (QED) is 0.896. The van der Waals surface area contributed by atoms with Gasteiger partial charge in [-0.1, -0.05) is 0 Å². The van der Waals surface area contributed by atoms with Crippen LogP contribution in [0.2, 0.25) is 0 Å². The van der Waals surface area contributed by atoms with Crippen molar-refractivity contribution in [2.45, 2.75) is 58.2 Å². The van der Waals surface area contributed by atoms with Crippen LogP contribution >= 0.6 is 0 Å². The number of fused-ring (bicyclic) bond motifs is 1. The summed E-state index contributed by atoms with van der Waals surface area (Å²) < 4.78 is 2.42. The molecule has 1 saturated heterocycles. The monoisotopic (exact) mass is 262 g/mol. The summed E-state index contributed by atoms with van der Waals surface area (Å²) in [5.74, 6) is 2.07. The summed E-state index contributed by atoms with van der Waals surface area (Å²) in [6.07, 6.45) is 6.59. The first kappa shape index (κ1) is 13.1. The second-order valence-corrected chi connectivity index (χ2v) is 6.52. The highest BCUT2D eigenvalue weighted by molar-refractivity contribution is 5.11. The number of imidazole rings is 1. The lowest BCUT2D eigenvalue weighted by molar-refractivity contribution is 0.264. The Labute approximate surface area is 116 Å². The number of likely N-dealkylation sites (tertiary alicyclic amines) is 1. The molecule has 2 aliphatic rings. The molecule has 0 saturated carbocycles. The molecule has 3 heterocycles. The second-order valence-electron chi connectivity index (χ2n) is 6.52. The predicted octanol–water partition coefficient (Wildman–Crippen LogP) is 1.43. The Morgan fingerprint density at radius 1 is 1.37 bits per heavy atom. The number of nitrogens with two attached hydrogens (primary N) is 1. The van der Waals surface area contributed by atoms with Crippen LogP contribution in [-0.4, -0.2) is 39.6 Å². The van der Waals surface area contributed by atoms with Crippen LogP contribution < -0.4 is 5.73 Å². The SMILES string of the molecule is CC(C)N1CCC(Cc2ncc3n2CCC(N)C3)C1. The predicted molar refractivity (Wildman–Crippen MR) is 77.0 cm³/mol. The van der Waals surface area contributed by atoms with Crippen molar-refractivity contribution in [2.75, 3.05) is 13.1 Å². The van der Waals surface area contributed by atoms with Crippen molar-refractivity contribution >= 4 is 0 Å². The van der Waals surface area contributed by atoms with Crippen molar-refractivity contribution in [2.24, 2.45) is 11.7 Å². The number of aromatic nitrogens is 2. The Bertz CT molecular complexity index is 437. The third-order valence-corrected chi connectivity index (χ3v) is 4.73. The van der Waals surface area contributed by atoms with Gasteiger partial charge in [0.25, 0.3) is 0 Å². The summed E-state index contributed by atoms with van der Waals surface area (Å²) in [4.78, 5) is 7.24. The van der Waals surface area contributed by atoms with Crippen LogP contribution in [0.25, 0.3) is 0 Å². The summed E-state index contributed by atoms with van der Waals surface area (Å²) in [6.45, 7) is 8.13. The van der Waals surface area contributed by atoms with E-state index in [1.54, 1.807) is 0 Å². The zero-order valence-electron chi connectivity index (χ0n) is 12.2. The molecule has 1 aromatic heterocycles. The minimum Gasteiger partial charge on any atom is -0.332 e. The van der Waals surface area contributed by atoms with E-state index in [1.807, 2.05) is 6.20 Å². The minimum atomic E-state index is 0.333. The van der Waals surface area contributed by atoms with Crippen molar-refractivity contribution < 1.29 is 0 Å². The van der Waals surface area contributed by atoms with Crippen LogP contribution in [0, 0.1) is 5.92 Å². The van der Waals surface area contributed by atoms with E-state index >= 15 is 0 Å². The van der Waals surface area contributed by atoms with Gasteiger partial charge in [0, 0.05) is 49.9 Å². The average molecular weight is 262 g/mol. The van der Waals surface area contributed by atoms with E-state index in [1.165, 1.54) is 31.0 Å². The topological polar surface area (TPSA) is 47.1 Å². The maximum absolute atomic E-state index is 6.03. The molecule has 1 fully saturated rings. The van der Waals surface area contributed by atoms with Crippen molar-refractivity contribution in [3.8, 4) is 0 Å². The Morgan fingerprint density at radius 2 is 2.21 bits per heavy atom. The van der Waals surface area contributed by atoms with Crippen molar-refractivity contribution in [1.82, 2.24) is 14.5 Å². The van der Waals surface area contributed by atoms with Gasteiger partial charge in [0.2, 0.25) is 0 Å². The van der Waals surface area contributed by atoms with E-state index < -0.39 is 0 Å². The lowest BCUT2D eigenvalue weighted by Gasteiger charge is -2.23. The van der Waals surface area contributed by atoms with Gasteiger partial charge in [0.1, 0.15) is 5.82 Å². The standard InChI is InChI=1S/C15H26N4/c1-11(2)18-5-3-12(10-18)7-15-17-9-14-8-13(16)4-6-19(14)15/h9,11-13H,3-8,10,16H2,1-2H3. The summed E-state index contributed by atoms with van der Waals surface area (Å²) in [7, 11) is 0. The molecule has 4 nitrogen and oxygen atoms in total. The molecule has 2 N–H and O–H groups in total. The molecular weight excluding hydrogens is 236 g/mol. The van der Waals surface area contributed by atoms with Gasteiger partial charge in [-0.3, -0.25) is 0 Å². The zero-order valence-corrected chi connectivity index (χ0v) is 12.2. The highest BCUT2D eigenvalue weighted by atomic mass is 15.2. The van der Waals surface area contributed by atoms with E-state index in [-0.39, 0.29) is 0 Å². The first-order valence-electron chi connectivity index (χ1n) is 7.66. The third kappa shape index (κ3) is 2.70. The van der Waals surface area contributed by atoms with E-state index in [2.05, 4.69) is 28.3 Å². The molecule has 0 amide bonds. The summed E-state index contributed by atoms with van der Waals surface area (Å²) in [5, 5.41) is 0. The number of hydrogen-bond donors (Lipinski definition) is 1. The summed E-state index contributed by atoms with van der Waals surface area (Å²) >= 11 is 0. The molecule has 2 atom stereocenters. The van der Waals surface area contributed by atoms with E-state index in [0.717, 1.165) is 31.7 Å². The van der Waals surface area contributed by atoms with Gasteiger partial charge in [-0.25, -0.2) is 4.98 Å². The fraction of sp³-hybridized carbons (Fsp3) is 0.800. The van der Waals surface area contributed by atoms with Gasteiger partial charge in [0.15, 0.2) is 0 Å². The molecular formula is C15H26N4. The maximum atomic E-state index is 6.03. The molecule has 2 aliphatic heterocycles. The fourth-order valence-corrected chi connectivity index (χ4v) is 3.47. The second kappa shape index (κ2) is 5.25. The highest BCUT2D eigenvalue weighted by Crippen LogP contribution is 2.24. The van der Waals surface area contributed by atoms with Gasteiger partial charge in [-0.2, -0.15) is 0 Å². The van der Waals surface area contributed by atoms with E-state index in [0.29, 0.717) is 12.1 Å². The molecule has 0 aromatic carbocycles. The highest BCUT2D eigenvalue weighted by Gasteiger charge is 2.27. The van der Waals surface area contributed by atoms with Crippen LogP contribution in [0.15, 0.2) is 6.20 Å². The van der Waals surface area contributed by atoms with Crippen LogP contribution in [0.3, 0.4) is 0 Å². The molecule has 106 valence electrons. The van der Waals surface area contributed by atoms with E-state index in [9.17, 15) is 0 Å². The van der Waals surface area contributed by atoms with Crippen LogP contribution in [0.1, 0.15) is 38.2 Å². The van der Waals surface area contributed by atoms with Crippen LogP contribution in [0.4, 0.5) is 0 Å². The van der Waals surface area contributed by atoms with Crippen molar-refractivity contribution in [3.63, 3.8) is 0 Å². The zero-order chi connectivity index (χ0) is 13.4. The minimum absolute atomic E-state index is 0.333. The van der Waals surface area contributed by atoms with Crippen molar-refractivity contribution in [3.05, 3.63) is 17.7 Å². The average Bonchev–Trinajstić information content (AvgIpc) is 2.97. The third-order valence-electron chi connectivity index (χ3n) is 4.73. The molecule has 3 rings (SSSR count). The number of nitrogens with zero attached hydrogens (tertiary/aromatic N) is 3. The largest absolute Gasteiger partial charge is 0.332 e. The van der Waals surface area contributed by atoms with Crippen LogP contribution in [-0.2, 0) is 19.4 Å². The number of rotatable bonds is 3.